The number of nitrogens with two attached hydrogens (primary N) is 1. The summed E-state index contributed by atoms with van der Waals surface area (Å²) in [6.45, 7) is 2.15. The molecule has 1 heterocycles. The monoisotopic (exact) mass is 212 g/mol. The van der Waals surface area contributed by atoms with Crippen LogP contribution in [-0.4, -0.2) is 4.98 Å². The molecule has 0 saturated heterocycles. The molecular formula is C14H16N2. The molecule has 2 rings (SSSR count). The first-order valence-corrected chi connectivity index (χ1v) is 5.49. The molecule has 2 unspecified atom stereocenters. The molecule has 0 aliphatic carbocycles. The highest BCUT2D eigenvalue weighted by Gasteiger charge is 2.15. The molecule has 2 nitrogen and oxygen atoms in total. The lowest BCUT2D eigenvalue weighted by Gasteiger charge is -2.20. The van der Waals surface area contributed by atoms with Gasteiger partial charge in [-0.15, -0.1) is 0 Å². The smallest absolute Gasteiger partial charge is 0.0362 e. The van der Waals surface area contributed by atoms with Gasteiger partial charge in [-0.2, -0.15) is 0 Å². The van der Waals surface area contributed by atoms with Crippen molar-refractivity contribution in [2.24, 2.45) is 5.73 Å². The van der Waals surface area contributed by atoms with Crippen molar-refractivity contribution in [2.75, 3.05) is 0 Å². The molecule has 0 saturated carbocycles. The second kappa shape index (κ2) is 4.90. The Morgan fingerprint density at radius 3 is 2.19 bits per heavy atom. The first kappa shape index (κ1) is 10.8. The zero-order chi connectivity index (χ0) is 11.4. The first-order chi connectivity index (χ1) is 7.79. The van der Waals surface area contributed by atoms with Gasteiger partial charge in [0.1, 0.15) is 0 Å². The Balaban J connectivity index is 2.20. The predicted molar refractivity (Wildman–Crippen MR) is 66.0 cm³/mol. The Morgan fingerprint density at radius 1 is 0.938 bits per heavy atom. The summed E-state index contributed by atoms with van der Waals surface area (Å²) < 4.78 is 0. The van der Waals surface area contributed by atoms with Crippen LogP contribution in [0.3, 0.4) is 0 Å². The molecule has 2 atom stereocenters. The van der Waals surface area contributed by atoms with E-state index >= 15 is 0 Å². The Bertz CT molecular complexity index is 382. The standard InChI is InChI=1S/C14H16N2/c1-11(12-5-3-2-4-6-12)14(15)13-7-9-16-10-8-13/h2-11,14H,15H2,1H3. The highest BCUT2D eigenvalue weighted by atomic mass is 14.7. The normalized spacial score (nSPS) is 14.4. The van der Waals surface area contributed by atoms with E-state index in [1.807, 2.05) is 30.3 Å². The van der Waals surface area contributed by atoms with Crippen molar-refractivity contribution < 1.29 is 0 Å². The highest BCUT2D eigenvalue weighted by molar-refractivity contribution is 5.25. The van der Waals surface area contributed by atoms with E-state index in [1.54, 1.807) is 12.4 Å². The molecule has 16 heavy (non-hydrogen) atoms. The van der Waals surface area contributed by atoms with Crippen LogP contribution in [0.25, 0.3) is 0 Å². The lowest BCUT2D eigenvalue weighted by molar-refractivity contribution is 0.597. The molecule has 0 amide bonds. The van der Waals surface area contributed by atoms with Gasteiger partial charge in [-0.25, -0.2) is 0 Å². The quantitative estimate of drug-likeness (QED) is 0.849. The van der Waals surface area contributed by atoms with Crippen LogP contribution in [0.1, 0.15) is 30.0 Å². The second-order valence-corrected chi connectivity index (χ2v) is 4.01. The molecule has 1 aromatic heterocycles. The minimum Gasteiger partial charge on any atom is -0.323 e. The molecule has 0 aliphatic rings. The van der Waals surface area contributed by atoms with E-state index in [0.29, 0.717) is 5.92 Å². The predicted octanol–water partition coefficient (Wildman–Crippen LogP) is 2.89. The van der Waals surface area contributed by atoms with Crippen LogP contribution in [0.15, 0.2) is 54.9 Å². The molecule has 0 fully saturated rings. The number of hydrogen-bond donors (Lipinski definition) is 1. The van der Waals surface area contributed by atoms with Gasteiger partial charge in [-0.1, -0.05) is 37.3 Å². The Kier molecular flexibility index (Phi) is 3.32. The van der Waals surface area contributed by atoms with E-state index in [4.69, 9.17) is 5.73 Å². The fraction of sp³-hybridized carbons (Fsp3) is 0.214. The molecule has 1 aromatic carbocycles. The van der Waals surface area contributed by atoms with Gasteiger partial charge in [0.25, 0.3) is 0 Å². The van der Waals surface area contributed by atoms with E-state index in [9.17, 15) is 0 Å². The summed E-state index contributed by atoms with van der Waals surface area (Å²) in [5, 5.41) is 0. The Hall–Kier alpha value is -1.67. The van der Waals surface area contributed by atoms with Crippen LogP contribution in [0.4, 0.5) is 0 Å². The maximum atomic E-state index is 6.24. The average molecular weight is 212 g/mol. The van der Waals surface area contributed by atoms with E-state index in [-0.39, 0.29) is 6.04 Å². The molecule has 0 bridgehead atoms. The fourth-order valence-corrected chi connectivity index (χ4v) is 1.84. The number of benzene rings is 1. The molecular weight excluding hydrogens is 196 g/mol. The topological polar surface area (TPSA) is 38.9 Å². The summed E-state index contributed by atoms with van der Waals surface area (Å²) in [5.41, 5.74) is 8.64. The van der Waals surface area contributed by atoms with Crippen LogP contribution < -0.4 is 5.73 Å². The van der Waals surface area contributed by atoms with Gasteiger partial charge >= 0.3 is 0 Å². The third-order valence-corrected chi connectivity index (χ3v) is 2.96. The third kappa shape index (κ3) is 2.28. The summed E-state index contributed by atoms with van der Waals surface area (Å²) >= 11 is 0. The maximum Gasteiger partial charge on any atom is 0.0362 e. The molecule has 0 aliphatic heterocycles. The van der Waals surface area contributed by atoms with E-state index < -0.39 is 0 Å². The number of aromatic nitrogens is 1. The van der Waals surface area contributed by atoms with Crippen molar-refractivity contribution in [3.05, 3.63) is 66.0 Å². The van der Waals surface area contributed by atoms with E-state index in [2.05, 4.69) is 24.0 Å². The number of nitrogens with zero attached hydrogens (tertiary/aromatic N) is 1. The molecule has 2 N–H and O–H groups in total. The van der Waals surface area contributed by atoms with Gasteiger partial charge < -0.3 is 5.73 Å². The fourth-order valence-electron chi connectivity index (χ4n) is 1.84. The van der Waals surface area contributed by atoms with E-state index in [0.717, 1.165) is 5.56 Å². The lowest BCUT2D eigenvalue weighted by atomic mass is 9.90. The van der Waals surface area contributed by atoms with Crippen molar-refractivity contribution in [2.45, 2.75) is 18.9 Å². The first-order valence-electron chi connectivity index (χ1n) is 5.49. The van der Waals surface area contributed by atoms with Crippen molar-refractivity contribution in [1.29, 1.82) is 0 Å². The summed E-state index contributed by atoms with van der Waals surface area (Å²) in [5.74, 6) is 0.309. The van der Waals surface area contributed by atoms with Gasteiger partial charge in [-0.3, -0.25) is 4.98 Å². The number of pyridine rings is 1. The Labute approximate surface area is 96.1 Å². The van der Waals surface area contributed by atoms with Crippen molar-refractivity contribution in [3.8, 4) is 0 Å². The van der Waals surface area contributed by atoms with Crippen LogP contribution >= 0.6 is 0 Å². The lowest BCUT2D eigenvalue weighted by Crippen LogP contribution is -2.17. The molecule has 0 spiro atoms. The minimum absolute atomic E-state index is 0.0189. The van der Waals surface area contributed by atoms with Crippen LogP contribution in [-0.2, 0) is 0 Å². The summed E-state index contributed by atoms with van der Waals surface area (Å²) in [4.78, 5) is 4.00. The van der Waals surface area contributed by atoms with E-state index in [1.165, 1.54) is 5.56 Å². The summed E-state index contributed by atoms with van der Waals surface area (Å²) in [7, 11) is 0. The van der Waals surface area contributed by atoms with Crippen LogP contribution in [0.2, 0.25) is 0 Å². The van der Waals surface area contributed by atoms with Crippen molar-refractivity contribution in [3.63, 3.8) is 0 Å². The second-order valence-electron chi connectivity index (χ2n) is 4.01. The number of hydrogen-bond acceptors (Lipinski definition) is 2. The van der Waals surface area contributed by atoms with Crippen molar-refractivity contribution >= 4 is 0 Å². The largest absolute Gasteiger partial charge is 0.323 e. The highest BCUT2D eigenvalue weighted by Crippen LogP contribution is 2.27. The summed E-state index contributed by atoms with van der Waals surface area (Å²) in [6, 6.07) is 14.3. The summed E-state index contributed by atoms with van der Waals surface area (Å²) in [6.07, 6.45) is 3.57. The van der Waals surface area contributed by atoms with Gasteiger partial charge in [0.15, 0.2) is 0 Å². The zero-order valence-electron chi connectivity index (χ0n) is 9.38. The molecule has 0 radical (unpaired) electrons. The van der Waals surface area contributed by atoms with Gasteiger partial charge in [-0.05, 0) is 23.3 Å². The van der Waals surface area contributed by atoms with Crippen LogP contribution in [0.5, 0.6) is 0 Å². The average Bonchev–Trinajstić information content (AvgIpc) is 2.39. The third-order valence-electron chi connectivity index (χ3n) is 2.96. The molecule has 82 valence electrons. The molecule has 2 aromatic rings. The zero-order valence-corrected chi connectivity index (χ0v) is 9.38. The Morgan fingerprint density at radius 2 is 1.56 bits per heavy atom. The molecule has 2 heteroatoms. The number of rotatable bonds is 3. The van der Waals surface area contributed by atoms with Gasteiger partial charge in [0, 0.05) is 24.4 Å². The van der Waals surface area contributed by atoms with Crippen molar-refractivity contribution in [1.82, 2.24) is 4.98 Å². The van der Waals surface area contributed by atoms with Crippen LogP contribution in [0, 0.1) is 0 Å². The maximum absolute atomic E-state index is 6.24. The van der Waals surface area contributed by atoms with Gasteiger partial charge in [0.2, 0.25) is 0 Å². The van der Waals surface area contributed by atoms with Gasteiger partial charge in [0.05, 0.1) is 0 Å². The SMILES string of the molecule is CC(c1ccccc1)C(N)c1ccncc1. The minimum atomic E-state index is 0.0189.